The number of nitrogens with zero attached hydrogens (tertiary/aromatic N) is 3. The van der Waals surface area contributed by atoms with Gasteiger partial charge in [-0.3, -0.25) is 0 Å². The van der Waals surface area contributed by atoms with Gasteiger partial charge >= 0.3 is 6.18 Å². The summed E-state index contributed by atoms with van der Waals surface area (Å²) < 4.78 is 39.3. The number of hydrogen-bond donors (Lipinski definition) is 2. The van der Waals surface area contributed by atoms with E-state index in [1.807, 2.05) is 17.0 Å². The topological polar surface area (TPSA) is 67.1 Å². The molecule has 0 aliphatic carbocycles. The average Bonchev–Trinajstić information content (AvgIpc) is 2.70. The molecule has 4 rings (SSSR count). The molecular formula is C20H17ClF3N5. The number of anilines is 4. The molecule has 0 spiro atoms. The van der Waals surface area contributed by atoms with Gasteiger partial charge in [-0.25, -0.2) is 9.97 Å². The van der Waals surface area contributed by atoms with Crippen LogP contribution in [-0.2, 0) is 19.1 Å². The fraction of sp³-hybridized carbons (Fsp3) is 0.200. The minimum absolute atomic E-state index is 0.182. The summed E-state index contributed by atoms with van der Waals surface area (Å²) in [7, 11) is 0. The van der Waals surface area contributed by atoms with Gasteiger partial charge in [0.15, 0.2) is 11.6 Å². The number of benzene rings is 2. The molecule has 1 aromatic heterocycles. The zero-order chi connectivity index (χ0) is 20.6. The summed E-state index contributed by atoms with van der Waals surface area (Å²) in [4.78, 5) is 10.4. The molecule has 0 fully saturated rings. The smallest absolute Gasteiger partial charge is 0.393 e. The Bertz CT molecular complexity index is 1050. The summed E-state index contributed by atoms with van der Waals surface area (Å²) in [6, 6.07) is 11.7. The van der Waals surface area contributed by atoms with Crippen LogP contribution in [0.3, 0.4) is 0 Å². The Balaban J connectivity index is 1.61. The molecule has 150 valence electrons. The fourth-order valence-electron chi connectivity index (χ4n) is 3.37. The minimum Gasteiger partial charge on any atom is -0.393 e. The molecule has 0 saturated carbocycles. The third kappa shape index (κ3) is 3.93. The van der Waals surface area contributed by atoms with E-state index >= 15 is 0 Å². The van der Waals surface area contributed by atoms with E-state index in [1.165, 1.54) is 29.6 Å². The second-order valence-corrected chi connectivity index (χ2v) is 7.12. The van der Waals surface area contributed by atoms with Crippen molar-refractivity contribution in [3.05, 3.63) is 70.5 Å². The van der Waals surface area contributed by atoms with Gasteiger partial charge in [0.25, 0.3) is 0 Å². The van der Waals surface area contributed by atoms with Crippen molar-refractivity contribution in [3.8, 4) is 0 Å². The molecule has 2 aromatic carbocycles. The van der Waals surface area contributed by atoms with Crippen LogP contribution in [0.15, 0.2) is 48.8 Å². The molecule has 3 aromatic rings. The predicted octanol–water partition coefficient (Wildman–Crippen LogP) is 5.04. The Hall–Kier alpha value is -3.00. The minimum atomic E-state index is -4.56. The first-order valence-corrected chi connectivity index (χ1v) is 9.26. The highest BCUT2D eigenvalue weighted by Gasteiger charge is 2.33. The molecule has 5 nitrogen and oxygen atoms in total. The maximum absolute atomic E-state index is 13.1. The predicted molar refractivity (Wildman–Crippen MR) is 107 cm³/mol. The van der Waals surface area contributed by atoms with E-state index < -0.39 is 11.7 Å². The molecule has 1 aliphatic heterocycles. The van der Waals surface area contributed by atoms with Gasteiger partial charge in [0.05, 0.1) is 10.6 Å². The number of nitrogen functional groups attached to an aromatic ring is 1. The average molecular weight is 420 g/mol. The highest BCUT2D eigenvalue weighted by atomic mass is 35.5. The molecule has 0 bridgehead atoms. The van der Waals surface area contributed by atoms with E-state index in [2.05, 4.69) is 27.4 Å². The number of nitrogens with one attached hydrogen (secondary N) is 1. The molecule has 0 atom stereocenters. The van der Waals surface area contributed by atoms with Gasteiger partial charge in [-0.1, -0.05) is 35.9 Å². The molecule has 2 heterocycles. The van der Waals surface area contributed by atoms with Gasteiger partial charge in [-0.2, -0.15) is 13.2 Å². The van der Waals surface area contributed by atoms with Crippen molar-refractivity contribution in [1.82, 2.24) is 9.97 Å². The van der Waals surface area contributed by atoms with E-state index in [0.29, 0.717) is 12.4 Å². The summed E-state index contributed by atoms with van der Waals surface area (Å²) in [5.41, 5.74) is 8.27. The van der Waals surface area contributed by atoms with Gasteiger partial charge in [0.1, 0.15) is 12.0 Å². The molecular weight excluding hydrogens is 403 g/mol. The molecule has 1 aliphatic rings. The normalized spacial score (nSPS) is 13.9. The second-order valence-electron chi connectivity index (χ2n) is 6.72. The number of nitrogens with two attached hydrogens (primary N) is 1. The maximum Gasteiger partial charge on any atom is 0.417 e. The van der Waals surface area contributed by atoms with E-state index in [0.717, 1.165) is 19.0 Å². The van der Waals surface area contributed by atoms with Crippen molar-refractivity contribution in [2.24, 2.45) is 0 Å². The van der Waals surface area contributed by atoms with Gasteiger partial charge in [0.2, 0.25) is 0 Å². The maximum atomic E-state index is 13.1. The molecule has 29 heavy (non-hydrogen) atoms. The van der Waals surface area contributed by atoms with E-state index in [4.69, 9.17) is 17.3 Å². The number of hydrogen-bond acceptors (Lipinski definition) is 5. The Morgan fingerprint density at radius 1 is 1.07 bits per heavy atom. The van der Waals surface area contributed by atoms with Gasteiger partial charge in [-0.15, -0.1) is 0 Å². The number of rotatable bonds is 3. The van der Waals surface area contributed by atoms with E-state index in [1.54, 1.807) is 0 Å². The zero-order valence-corrected chi connectivity index (χ0v) is 15.9. The molecule has 0 unspecified atom stereocenters. The highest BCUT2D eigenvalue weighted by molar-refractivity contribution is 6.31. The van der Waals surface area contributed by atoms with Crippen molar-refractivity contribution >= 4 is 34.6 Å². The van der Waals surface area contributed by atoms with Crippen LogP contribution < -0.4 is 16.0 Å². The van der Waals surface area contributed by atoms with Crippen molar-refractivity contribution < 1.29 is 13.2 Å². The van der Waals surface area contributed by atoms with Crippen LogP contribution in [0, 0.1) is 0 Å². The summed E-state index contributed by atoms with van der Waals surface area (Å²) in [5, 5.41) is 2.48. The largest absolute Gasteiger partial charge is 0.417 e. The first-order valence-electron chi connectivity index (χ1n) is 8.89. The lowest BCUT2D eigenvalue weighted by atomic mass is 10.00. The first kappa shape index (κ1) is 19.3. The number of alkyl halides is 3. The zero-order valence-electron chi connectivity index (χ0n) is 15.2. The SMILES string of the molecule is Nc1c(Nc2ccc(Cl)c(C(F)(F)F)c2)ncnc1N1CCc2ccccc2C1. The molecule has 0 radical (unpaired) electrons. The molecule has 0 saturated heterocycles. The van der Waals surface area contributed by atoms with Crippen LogP contribution in [0.1, 0.15) is 16.7 Å². The first-order chi connectivity index (χ1) is 13.8. The lowest BCUT2D eigenvalue weighted by Gasteiger charge is -2.30. The Morgan fingerprint density at radius 2 is 1.83 bits per heavy atom. The number of fused-ring (bicyclic) bond motifs is 1. The quantitative estimate of drug-likeness (QED) is 0.622. The summed E-state index contributed by atoms with van der Waals surface area (Å²) in [6.07, 6.45) is -2.36. The number of aromatic nitrogens is 2. The van der Waals surface area contributed by atoms with Crippen LogP contribution in [0.25, 0.3) is 0 Å². The highest BCUT2D eigenvalue weighted by Crippen LogP contribution is 2.37. The van der Waals surface area contributed by atoms with Crippen LogP contribution >= 0.6 is 11.6 Å². The van der Waals surface area contributed by atoms with Crippen LogP contribution in [-0.4, -0.2) is 16.5 Å². The van der Waals surface area contributed by atoms with Crippen molar-refractivity contribution in [3.63, 3.8) is 0 Å². The van der Waals surface area contributed by atoms with Gasteiger partial charge < -0.3 is 16.0 Å². The Labute approximate surface area is 170 Å². The van der Waals surface area contributed by atoms with Crippen LogP contribution in [0.2, 0.25) is 5.02 Å². The third-order valence-corrected chi connectivity index (χ3v) is 5.16. The van der Waals surface area contributed by atoms with Crippen molar-refractivity contribution in [1.29, 1.82) is 0 Å². The van der Waals surface area contributed by atoms with Gasteiger partial charge in [-0.05, 0) is 35.7 Å². The third-order valence-electron chi connectivity index (χ3n) is 4.83. The molecule has 0 amide bonds. The van der Waals surface area contributed by atoms with E-state index in [9.17, 15) is 13.2 Å². The van der Waals surface area contributed by atoms with E-state index in [-0.39, 0.29) is 22.2 Å². The van der Waals surface area contributed by atoms with Crippen LogP contribution in [0.5, 0.6) is 0 Å². The fourth-order valence-corrected chi connectivity index (χ4v) is 3.60. The lowest BCUT2D eigenvalue weighted by Crippen LogP contribution is -2.31. The van der Waals surface area contributed by atoms with Crippen molar-refractivity contribution in [2.45, 2.75) is 19.1 Å². The lowest BCUT2D eigenvalue weighted by molar-refractivity contribution is -0.137. The monoisotopic (exact) mass is 419 g/mol. The summed E-state index contributed by atoms with van der Waals surface area (Å²) in [5.74, 6) is 0.784. The molecule has 3 N–H and O–H groups in total. The molecule has 9 heteroatoms. The Kier molecular flexibility index (Phi) is 4.96. The van der Waals surface area contributed by atoms with Crippen LogP contribution in [0.4, 0.5) is 36.2 Å². The Morgan fingerprint density at radius 3 is 2.59 bits per heavy atom. The van der Waals surface area contributed by atoms with Crippen molar-refractivity contribution in [2.75, 3.05) is 22.5 Å². The standard InChI is InChI=1S/C20H17ClF3N5/c21-16-6-5-14(9-15(16)20(22,23)24)28-18-17(25)19(27-11-26-18)29-8-7-12-3-1-2-4-13(12)10-29/h1-6,9,11H,7-8,10,25H2,(H,26,27,28). The number of halogens is 4. The summed E-state index contributed by atoms with van der Waals surface area (Å²) >= 11 is 5.68. The second kappa shape index (κ2) is 7.44. The summed E-state index contributed by atoms with van der Waals surface area (Å²) in [6.45, 7) is 1.38. The van der Waals surface area contributed by atoms with Gasteiger partial charge in [0, 0.05) is 18.8 Å².